The van der Waals surface area contributed by atoms with Gasteiger partial charge in [0, 0.05) is 51.9 Å². The molecule has 4 rings (SSSR count). The zero-order chi connectivity index (χ0) is 18.6. The molecule has 0 aliphatic carbocycles. The van der Waals surface area contributed by atoms with Gasteiger partial charge in [-0.3, -0.25) is 4.90 Å². The van der Waals surface area contributed by atoms with Crippen molar-refractivity contribution in [3.05, 3.63) is 46.2 Å². The number of morpholine rings is 1. The van der Waals surface area contributed by atoms with Crippen LogP contribution in [0, 0.1) is 0 Å². The molecule has 3 heterocycles. The first kappa shape index (κ1) is 18.7. The molecule has 6 nitrogen and oxygen atoms in total. The fourth-order valence-corrected chi connectivity index (χ4v) is 3.83. The first-order chi connectivity index (χ1) is 13.2. The maximum absolute atomic E-state index is 6.13. The van der Waals surface area contributed by atoms with Crippen LogP contribution >= 0.6 is 23.2 Å². The third-order valence-electron chi connectivity index (χ3n) is 5.06. The molecule has 144 valence electrons. The quantitative estimate of drug-likeness (QED) is 0.775. The number of benzene rings is 1. The molecule has 2 aliphatic heterocycles. The van der Waals surface area contributed by atoms with Crippen LogP contribution in [-0.2, 0) is 11.3 Å². The molecule has 0 radical (unpaired) electrons. The Labute approximate surface area is 169 Å². The molecule has 0 bridgehead atoms. The second-order valence-corrected chi connectivity index (χ2v) is 7.66. The molecule has 0 saturated carbocycles. The Morgan fingerprint density at radius 2 is 1.48 bits per heavy atom. The molecular weight excluding hydrogens is 385 g/mol. The van der Waals surface area contributed by atoms with Crippen LogP contribution in [0.5, 0.6) is 0 Å². The van der Waals surface area contributed by atoms with E-state index in [-0.39, 0.29) is 0 Å². The standard InChI is InChI=1S/C19H23Cl2N5O/c20-16-2-1-15(11-17(16)21)13-24-3-5-25(6-4-24)18-12-19(23-14-22-18)26-7-9-27-10-8-26/h1-2,11-12,14H,3-10,13H2. The molecule has 1 aromatic heterocycles. The van der Waals surface area contributed by atoms with Crippen LogP contribution in [0.4, 0.5) is 11.6 Å². The molecule has 8 heteroatoms. The van der Waals surface area contributed by atoms with E-state index >= 15 is 0 Å². The summed E-state index contributed by atoms with van der Waals surface area (Å²) in [5.41, 5.74) is 1.19. The molecule has 0 unspecified atom stereocenters. The normalized spacial score (nSPS) is 18.7. The van der Waals surface area contributed by atoms with Crippen molar-refractivity contribution in [2.75, 3.05) is 62.3 Å². The number of hydrogen-bond acceptors (Lipinski definition) is 6. The van der Waals surface area contributed by atoms with E-state index in [9.17, 15) is 0 Å². The Bertz CT molecular complexity index is 776. The smallest absolute Gasteiger partial charge is 0.134 e. The van der Waals surface area contributed by atoms with E-state index < -0.39 is 0 Å². The van der Waals surface area contributed by atoms with Gasteiger partial charge in [-0.2, -0.15) is 0 Å². The number of nitrogens with zero attached hydrogens (tertiary/aromatic N) is 5. The zero-order valence-corrected chi connectivity index (χ0v) is 16.7. The number of anilines is 2. The Morgan fingerprint density at radius 3 is 2.15 bits per heavy atom. The second-order valence-electron chi connectivity index (χ2n) is 6.85. The van der Waals surface area contributed by atoms with Crippen LogP contribution in [0.1, 0.15) is 5.56 Å². The molecule has 0 N–H and O–H groups in total. The molecule has 2 aromatic rings. The minimum Gasteiger partial charge on any atom is -0.378 e. The summed E-state index contributed by atoms with van der Waals surface area (Å²) in [7, 11) is 0. The first-order valence-corrected chi connectivity index (χ1v) is 10.0. The van der Waals surface area contributed by atoms with Gasteiger partial charge in [0.1, 0.15) is 18.0 Å². The highest BCUT2D eigenvalue weighted by Crippen LogP contribution is 2.24. The largest absolute Gasteiger partial charge is 0.378 e. The highest BCUT2D eigenvalue weighted by molar-refractivity contribution is 6.42. The third kappa shape index (κ3) is 4.63. The van der Waals surface area contributed by atoms with Crippen molar-refractivity contribution in [1.29, 1.82) is 0 Å². The van der Waals surface area contributed by atoms with Crippen LogP contribution in [0.3, 0.4) is 0 Å². The highest BCUT2D eigenvalue weighted by Gasteiger charge is 2.20. The van der Waals surface area contributed by atoms with Gasteiger partial charge in [0.15, 0.2) is 0 Å². The maximum atomic E-state index is 6.13. The van der Waals surface area contributed by atoms with Crippen molar-refractivity contribution >= 4 is 34.8 Å². The highest BCUT2D eigenvalue weighted by atomic mass is 35.5. The summed E-state index contributed by atoms with van der Waals surface area (Å²) >= 11 is 12.1. The zero-order valence-electron chi connectivity index (χ0n) is 15.2. The molecule has 1 aromatic carbocycles. The Balaban J connectivity index is 1.35. The molecule has 0 atom stereocenters. The van der Waals surface area contributed by atoms with Crippen molar-refractivity contribution < 1.29 is 4.74 Å². The molecule has 2 saturated heterocycles. The number of rotatable bonds is 4. The minimum atomic E-state index is 0.602. The topological polar surface area (TPSA) is 44.7 Å². The van der Waals surface area contributed by atoms with Gasteiger partial charge >= 0.3 is 0 Å². The van der Waals surface area contributed by atoms with Crippen LogP contribution in [0.2, 0.25) is 10.0 Å². The van der Waals surface area contributed by atoms with Gasteiger partial charge in [-0.15, -0.1) is 0 Å². The minimum absolute atomic E-state index is 0.602. The average Bonchev–Trinajstić information content (AvgIpc) is 2.72. The van der Waals surface area contributed by atoms with Gasteiger partial charge in [0.2, 0.25) is 0 Å². The Kier molecular flexibility index (Phi) is 5.98. The first-order valence-electron chi connectivity index (χ1n) is 9.25. The predicted octanol–water partition coefficient (Wildman–Crippen LogP) is 2.94. The maximum Gasteiger partial charge on any atom is 0.134 e. The lowest BCUT2D eigenvalue weighted by Gasteiger charge is -2.36. The molecule has 2 fully saturated rings. The Hall–Kier alpha value is -1.60. The van der Waals surface area contributed by atoms with Crippen LogP contribution < -0.4 is 9.80 Å². The van der Waals surface area contributed by atoms with E-state index in [4.69, 9.17) is 27.9 Å². The Morgan fingerprint density at radius 1 is 0.815 bits per heavy atom. The number of aromatic nitrogens is 2. The van der Waals surface area contributed by atoms with Gasteiger partial charge in [0.25, 0.3) is 0 Å². The fraction of sp³-hybridized carbons (Fsp3) is 0.474. The van der Waals surface area contributed by atoms with Crippen molar-refractivity contribution in [2.24, 2.45) is 0 Å². The van der Waals surface area contributed by atoms with Crippen molar-refractivity contribution in [2.45, 2.75) is 6.54 Å². The van der Waals surface area contributed by atoms with E-state index in [0.717, 1.165) is 70.7 Å². The van der Waals surface area contributed by atoms with Gasteiger partial charge < -0.3 is 14.5 Å². The molecule has 2 aliphatic rings. The van der Waals surface area contributed by atoms with Gasteiger partial charge in [-0.25, -0.2) is 9.97 Å². The molecular formula is C19H23Cl2N5O. The second kappa shape index (κ2) is 8.61. The van der Waals surface area contributed by atoms with Crippen LogP contribution in [0.25, 0.3) is 0 Å². The summed E-state index contributed by atoms with van der Waals surface area (Å²) in [5, 5.41) is 1.22. The summed E-state index contributed by atoms with van der Waals surface area (Å²) in [6, 6.07) is 7.96. The summed E-state index contributed by atoms with van der Waals surface area (Å²) in [6.45, 7) is 8.02. The van der Waals surface area contributed by atoms with Crippen molar-refractivity contribution in [1.82, 2.24) is 14.9 Å². The summed E-state index contributed by atoms with van der Waals surface area (Å²) in [5.74, 6) is 1.99. The lowest BCUT2D eigenvalue weighted by Crippen LogP contribution is -2.46. The number of hydrogen-bond donors (Lipinski definition) is 0. The summed E-state index contributed by atoms with van der Waals surface area (Å²) < 4.78 is 5.43. The molecule has 0 amide bonds. The summed E-state index contributed by atoms with van der Waals surface area (Å²) in [4.78, 5) is 16.0. The van der Waals surface area contributed by atoms with Gasteiger partial charge in [0.05, 0.1) is 23.3 Å². The van der Waals surface area contributed by atoms with E-state index in [1.54, 1.807) is 6.33 Å². The molecule has 0 spiro atoms. The summed E-state index contributed by atoms with van der Waals surface area (Å²) in [6.07, 6.45) is 1.67. The molecule has 27 heavy (non-hydrogen) atoms. The number of piperazine rings is 1. The average molecular weight is 408 g/mol. The monoisotopic (exact) mass is 407 g/mol. The van der Waals surface area contributed by atoms with Gasteiger partial charge in [-0.1, -0.05) is 29.3 Å². The predicted molar refractivity (Wildman–Crippen MR) is 109 cm³/mol. The SMILES string of the molecule is Clc1ccc(CN2CCN(c3cc(N4CCOCC4)ncn3)CC2)cc1Cl. The lowest BCUT2D eigenvalue weighted by molar-refractivity contribution is 0.122. The van der Waals surface area contributed by atoms with Crippen molar-refractivity contribution in [3.8, 4) is 0 Å². The van der Waals surface area contributed by atoms with E-state index in [1.165, 1.54) is 5.56 Å². The number of halogens is 2. The van der Waals surface area contributed by atoms with Gasteiger partial charge in [-0.05, 0) is 17.7 Å². The van der Waals surface area contributed by atoms with Crippen LogP contribution in [-0.4, -0.2) is 67.4 Å². The van der Waals surface area contributed by atoms with Crippen LogP contribution in [0.15, 0.2) is 30.6 Å². The number of ether oxygens (including phenoxy) is 1. The third-order valence-corrected chi connectivity index (χ3v) is 5.80. The van der Waals surface area contributed by atoms with E-state index in [0.29, 0.717) is 10.0 Å². The fourth-order valence-electron chi connectivity index (χ4n) is 3.51. The van der Waals surface area contributed by atoms with E-state index in [2.05, 4.69) is 30.7 Å². The van der Waals surface area contributed by atoms with E-state index in [1.807, 2.05) is 18.2 Å². The lowest BCUT2D eigenvalue weighted by atomic mass is 10.2. The van der Waals surface area contributed by atoms with Crippen molar-refractivity contribution in [3.63, 3.8) is 0 Å².